The van der Waals surface area contributed by atoms with Gasteiger partial charge in [-0.25, -0.2) is 0 Å². The standard InChI is InChI=1S/C19H27NO4/c1-21-10-4-16-5-11-24-19(16)6-8-20(9-7-19)13-15-2-3-17-18(12-15)23-14-22-17/h2-3,12,16H,4-11,13-14H2,1H3. The average Bonchev–Trinajstić information content (AvgIpc) is 3.22. The normalized spacial score (nSPS) is 25.5. The van der Waals surface area contributed by atoms with Crippen LogP contribution >= 0.6 is 0 Å². The molecule has 2 fully saturated rings. The first-order valence-electron chi connectivity index (χ1n) is 9.03. The van der Waals surface area contributed by atoms with Crippen LogP contribution in [0.5, 0.6) is 11.5 Å². The van der Waals surface area contributed by atoms with Gasteiger partial charge in [-0.1, -0.05) is 6.07 Å². The molecule has 5 heteroatoms. The van der Waals surface area contributed by atoms with Crippen LogP contribution in [0.3, 0.4) is 0 Å². The molecule has 1 unspecified atom stereocenters. The predicted octanol–water partition coefficient (Wildman–Crippen LogP) is 2.82. The van der Waals surface area contributed by atoms with Gasteiger partial charge in [0, 0.05) is 40.0 Å². The molecule has 4 rings (SSSR count). The van der Waals surface area contributed by atoms with Gasteiger partial charge in [0.2, 0.25) is 6.79 Å². The van der Waals surface area contributed by atoms with Gasteiger partial charge in [0.1, 0.15) is 0 Å². The van der Waals surface area contributed by atoms with E-state index < -0.39 is 0 Å². The average molecular weight is 333 g/mol. The summed E-state index contributed by atoms with van der Waals surface area (Å²) in [5.74, 6) is 2.39. The van der Waals surface area contributed by atoms with Crippen molar-refractivity contribution in [2.45, 2.75) is 37.8 Å². The Morgan fingerprint density at radius 1 is 1.21 bits per heavy atom. The Morgan fingerprint density at radius 3 is 2.88 bits per heavy atom. The molecular formula is C19H27NO4. The van der Waals surface area contributed by atoms with Gasteiger partial charge in [0.25, 0.3) is 0 Å². The zero-order valence-corrected chi connectivity index (χ0v) is 14.5. The molecule has 3 aliphatic rings. The number of benzene rings is 1. The van der Waals surface area contributed by atoms with Crippen LogP contribution in [0.1, 0.15) is 31.2 Å². The summed E-state index contributed by atoms with van der Waals surface area (Å²) in [6.45, 7) is 5.25. The first kappa shape index (κ1) is 16.2. The second-order valence-corrected chi connectivity index (χ2v) is 7.14. The van der Waals surface area contributed by atoms with Crippen molar-refractivity contribution < 1.29 is 18.9 Å². The molecule has 1 spiro atoms. The second-order valence-electron chi connectivity index (χ2n) is 7.14. The highest BCUT2D eigenvalue weighted by Crippen LogP contribution is 2.42. The van der Waals surface area contributed by atoms with Gasteiger partial charge in [-0.15, -0.1) is 0 Å². The number of ether oxygens (including phenoxy) is 4. The molecule has 1 aromatic rings. The first-order chi connectivity index (χ1) is 11.8. The SMILES string of the molecule is COCCC1CCOC12CCN(Cc1ccc3c(c1)OCO3)CC2. The molecular weight excluding hydrogens is 306 g/mol. The van der Waals surface area contributed by atoms with E-state index in [4.69, 9.17) is 18.9 Å². The largest absolute Gasteiger partial charge is 0.454 e. The molecule has 0 radical (unpaired) electrons. The Morgan fingerprint density at radius 2 is 2.04 bits per heavy atom. The summed E-state index contributed by atoms with van der Waals surface area (Å²) in [7, 11) is 1.79. The smallest absolute Gasteiger partial charge is 0.231 e. The zero-order chi connectivity index (χ0) is 16.4. The highest BCUT2D eigenvalue weighted by atomic mass is 16.7. The summed E-state index contributed by atoms with van der Waals surface area (Å²) < 4.78 is 22.4. The van der Waals surface area contributed by atoms with Crippen molar-refractivity contribution in [1.82, 2.24) is 4.90 Å². The summed E-state index contributed by atoms with van der Waals surface area (Å²) >= 11 is 0. The van der Waals surface area contributed by atoms with E-state index in [2.05, 4.69) is 17.0 Å². The molecule has 24 heavy (non-hydrogen) atoms. The van der Waals surface area contributed by atoms with Crippen molar-refractivity contribution in [2.75, 3.05) is 40.2 Å². The number of likely N-dealkylation sites (tertiary alicyclic amines) is 1. The van der Waals surface area contributed by atoms with E-state index in [1.807, 2.05) is 6.07 Å². The van der Waals surface area contributed by atoms with Crippen molar-refractivity contribution in [1.29, 1.82) is 0 Å². The minimum Gasteiger partial charge on any atom is -0.454 e. The molecule has 2 saturated heterocycles. The Hall–Kier alpha value is -1.30. The highest BCUT2D eigenvalue weighted by molar-refractivity contribution is 5.44. The van der Waals surface area contributed by atoms with Gasteiger partial charge in [-0.3, -0.25) is 4.90 Å². The van der Waals surface area contributed by atoms with E-state index in [1.165, 1.54) is 12.0 Å². The fraction of sp³-hybridized carbons (Fsp3) is 0.684. The monoisotopic (exact) mass is 333 g/mol. The van der Waals surface area contributed by atoms with E-state index >= 15 is 0 Å². The Balaban J connectivity index is 1.34. The van der Waals surface area contributed by atoms with E-state index in [0.29, 0.717) is 12.7 Å². The molecule has 0 N–H and O–H groups in total. The molecule has 0 aromatic heterocycles. The van der Waals surface area contributed by atoms with Crippen LogP contribution in [0.4, 0.5) is 0 Å². The fourth-order valence-electron chi connectivity index (χ4n) is 4.39. The summed E-state index contributed by atoms with van der Waals surface area (Å²) in [5.41, 5.74) is 1.39. The third kappa shape index (κ3) is 3.13. The minimum absolute atomic E-state index is 0.101. The van der Waals surface area contributed by atoms with Gasteiger partial charge in [0.15, 0.2) is 11.5 Å². The lowest BCUT2D eigenvalue weighted by molar-refractivity contribution is -0.0721. The van der Waals surface area contributed by atoms with Crippen LogP contribution in [0, 0.1) is 5.92 Å². The van der Waals surface area contributed by atoms with E-state index in [1.54, 1.807) is 7.11 Å². The van der Waals surface area contributed by atoms with Crippen molar-refractivity contribution in [3.8, 4) is 11.5 Å². The fourth-order valence-corrected chi connectivity index (χ4v) is 4.39. The summed E-state index contributed by atoms with van der Waals surface area (Å²) in [6, 6.07) is 6.27. The Bertz CT molecular complexity index is 568. The molecule has 3 aliphatic heterocycles. The molecule has 1 atom stereocenters. The third-order valence-corrected chi connectivity index (χ3v) is 5.82. The maximum Gasteiger partial charge on any atom is 0.231 e. The molecule has 0 aliphatic carbocycles. The number of hydrogen-bond acceptors (Lipinski definition) is 5. The summed E-state index contributed by atoms with van der Waals surface area (Å²) in [6.07, 6.45) is 4.57. The molecule has 1 aromatic carbocycles. The van der Waals surface area contributed by atoms with Crippen LogP contribution in [0.25, 0.3) is 0 Å². The molecule has 0 amide bonds. The Labute approximate surface area is 143 Å². The van der Waals surface area contributed by atoms with Crippen molar-refractivity contribution in [3.05, 3.63) is 23.8 Å². The summed E-state index contributed by atoms with van der Waals surface area (Å²) in [4.78, 5) is 2.53. The maximum absolute atomic E-state index is 6.23. The van der Waals surface area contributed by atoms with Gasteiger partial charge in [0.05, 0.1) is 5.60 Å². The van der Waals surface area contributed by atoms with Crippen molar-refractivity contribution in [2.24, 2.45) is 5.92 Å². The van der Waals surface area contributed by atoms with Gasteiger partial charge in [-0.05, 0) is 49.3 Å². The topological polar surface area (TPSA) is 40.2 Å². The Kier molecular flexibility index (Phi) is 4.66. The van der Waals surface area contributed by atoms with Crippen LogP contribution < -0.4 is 9.47 Å². The number of methoxy groups -OCH3 is 1. The molecule has 0 bridgehead atoms. The van der Waals surface area contributed by atoms with E-state index in [0.717, 1.165) is 63.6 Å². The lowest BCUT2D eigenvalue weighted by Gasteiger charge is -2.42. The molecule has 5 nitrogen and oxygen atoms in total. The lowest BCUT2D eigenvalue weighted by Crippen LogP contribution is -2.47. The highest BCUT2D eigenvalue weighted by Gasteiger charge is 2.45. The van der Waals surface area contributed by atoms with E-state index in [-0.39, 0.29) is 5.60 Å². The van der Waals surface area contributed by atoms with Crippen molar-refractivity contribution in [3.63, 3.8) is 0 Å². The number of rotatable bonds is 5. The third-order valence-electron chi connectivity index (χ3n) is 5.82. The molecule has 3 heterocycles. The lowest BCUT2D eigenvalue weighted by atomic mass is 9.78. The zero-order valence-electron chi connectivity index (χ0n) is 14.5. The van der Waals surface area contributed by atoms with Crippen LogP contribution in [-0.4, -0.2) is 50.7 Å². The number of piperidine rings is 1. The maximum atomic E-state index is 6.23. The number of hydrogen-bond donors (Lipinski definition) is 0. The number of nitrogens with zero attached hydrogens (tertiary/aromatic N) is 1. The predicted molar refractivity (Wildman–Crippen MR) is 90.4 cm³/mol. The first-order valence-corrected chi connectivity index (χ1v) is 9.03. The van der Waals surface area contributed by atoms with Crippen LogP contribution in [0.15, 0.2) is 18.2 Å². The van der Waals surface area contributed by atoms with Crippen LogP contribution in [-0.2, 0) is 16.0 Å². The van der Waals surface area contributed by atoms with Gasteiger partial charge >= 0.3 is 0 Å². The van der Waals surface area contributed by atoms with Gasteiger partial charge in [-0.2, -0.15) is 0 Å². The summed E-state index contributed by atoms with van der Waals surface area (Å²) in [5, 5.41) is 0. The quantitative estimate of drug-likeness (QED) is 0.829. The van der Waals surface area contributed by atoms with Gasteiger partial charge < -0.3 is 18.9 Å². The van der Waals surface area contributed by atoms with Crippen LogP contribution in [0.2, 0.25) is 0 Å². The minimum atomic E-state index is 0.101. The van der Waals surface area contributed by atoms with Crippen molar-refractivity contribution >= 4 is 0 Å². The van der Waals surface area contributed by atoms with E-state index in [9.17, 15) is 0 Å². The number of fused-ring (bicyclic) bond motifs is 1. The molecule has 132 valence electrons. The molecule has 0 saturated carbocycles. The second kappa shape index (κ2) is 6.90.